The highest BCUT2D eigenvalue weighted by molar-refractivity contribution is 5.87. The third-order valence-corrected chi connectivity index (χ3v) is 2.17. The lowest BCUT2D eigenvalue weighted by molar-refractivity contribution is 0.0687. The molecule has 2 N–H and O–H groups in total. The van der Waals surface area contributed by atoms with Gasteiger partial charge in [-0.2, -0.15) is 5.10 Å². The van der Waals surface area contributed by atoms with Gasteiger partial charge in [0.2, 0.25) is 0 Å². The van der Waals surface area contributed by atoms with Crippen molar-refractivity contribution < 1.29 is 9.90 Å². The molecule has 0 bridgehead atoms. The van der Waals surface area contributed by atoms with Crippen molar-refractivity contribution in [2.45, 2.75) is 6.92 Å². The Hall–Kier alpha value is -2.11. The average molecular weight is 206 g/mol. The molecule has 0 amide bonds. The van der Waals surface area contributed by atoms with Gasteiger partial charge in [-0.1, -0.05) is 0 Å². The van der Waals surface area contributed by atoms with Gasteiger partial charge in [-0.25, -0.2) is 9.78 Å². The summed E-state index contributed by atoms with van der Waals surface area (Å²) in [6.07, 6.45) is 0. The zero-order chi connectivity index (χ0) is 11.0. The molecule has 0 radical (unpaired) electrons. The molecule has 2 heterocycles. The molecule has 0 saturated carbocycles. The van der Waals surface area contributed by atoms with E-state index in [1.165, 1.54) is 6.07 Å². The van der Waals surface area contributed by atoms with Crippen LogP contribution < -0.4 is 0 Å². The summed E-state index contributed by atoms with van der Waals surface area (Å²) in [5, 5.41) is 15.5. The number of aromatic nitrogens is 4. The second-order valence-electron chi connectivity index (χ2n) is 3.21. The molecule has 2 rings (SSSR count). The van der Waals surface area contributed by atoms with Gasteiger partial charge in [-0.3, -0.25) is 5.10 Å². The fourth-order valence-electron chi connectivity index (χ4n) is 1.41. The normalized spacial score (nSPS) is 10.5. The van der Waals surface area contributed by atoms with Crippen molar-refractivity contribution in [3.8, 4) is 11.5 Å². The summed E-state index contributed by atoms with van der Waals surface area (Å²) in [5.74, 6) is 0.238. The van der Waals surface area contributed by atoms with Crippen molar-refractivity contribution in [2.24, 2.45) is 7.05 Å². The Morgan fingerprint density at radius 3 is 2.73 bits per heavy atom. The molecule has 15 heavy (non-hydrogen) atoms. The standard InChI is InChI=1S/C9H10N4O2/c1-5-10-8(12-11-5)6-3-4-7(9(14)15)13(6)2/h3-4H,1-2H3,(H,14,15)(H,10,11,12). The van der Waals surface area contributed by atoms with E-state index in [-0.39, 0.29) is 5.69 Å². The van der Waals surface area contributed by atoms with E-state index in [0.29, 0.717) is 17.3 Å². The zero-order valence-corrected chi connectivity index (χ0v) is 8.35. The number of carboxylic acids is 1. The number of aryl methyl sites for hydroxylation is 1. The Labute approximate surface area is 85.6 Å². The van der Waals surface area contributed by atoms with E-state index < -0.39 is 5.97 Å². The second-order valence-corrected chi connectivity index (χ2v) is 3.21. The number of hydrogen-bond donors (Lipinski definition) is 2. The Balaban J connectivity index is 2.50. The molecule has 6 nitrogen and oxygen atoms in total. The summed E-state index contributed by atoms with van der Waals surface area (Å²) in [6, 6.07) is 3.22. The van der Waals surface area contributed by atoms with Gasteiger partial charge in [-0.05, 0) is 19.1 Å². The van der Waals surface area contributed by atoms with Gasteiger partial charge in [0.15, 0.2) is 5.82 Å². The SMILES string of the molecule is Cc1nc(-c2ccc(C(=O)O)n2C)n[nH]1. The minimum absolute atomic E-state index is 0.215. The molecule has 0 aromatic carbocycles. The highest BCUT2D eigenvalue weighted by Crippen LogP contribution is 2.17. The van der Waals surface area contributed by atoms with Crippen LogP contribution in [-0.4, -0.2) is 30.8 Å². The number of rotatable bonds is 2. The average Bonchev–Trinajstić information content (AvgIpc) is 2.71. The minimum atomic E-state index is -0.962. The van der Waals surface area contributed by atoms with Crippen molar-refractivity contribution >= 4 is 5.97 Å². The largest absolute Gasteiger partial charge is 0.477 e. The van der Waals surface area contributed by atoms with Crippen LogP contribution in [0.2, 0.25) is 0 Å². The molecule has 2 aromatic heterocycles. The lowest BCUT2D eigenvalue weighted by atomic mass is 10.4. The molecule has 0 aliphatic rings. The van der Waals surface area contributed by atoms with Crippen LogP contribution in [0, 0.1) is 6.92 Å². The third kappa shape index (κ3) is 1.50. The van der Waals surface area contributed by atoms with Crippen molar-refractivity contribution in [2.75, 3.05) is 0 Å². The van der Waals surface area contributed by atoms with Gasteiger partial charge < -0.3 is 9.67 Å². The number of H-pyrrole nitrogens is 1. The number of hydrogen-bond acceptors (Lipinski definition) is 3. The lowest BCUT2D eigenvalue weighted by Gasteiger charge is -2.00. The highest BCUT2D eigenvalue weighted by Gasteiger charge is 2.14. The van der Waals surface area contributed by atoms with Gasteiger partial charge >= 0.3 is 5.97 Å². The van der Waals surface area contributed by atoms with E-state index in [1.54, 1.807) is 24.6 Å². The summed E-state index contributed by atoms with van der Waals surface area (Å²) in [7, 11) is 1.67. The van der Waals surface area contributed by atoms with Crippen molar-refractivity contribution in [1.82, 2.24) is 19.7 Å². The summed E-state index contributed by atoms with van der Waals surface area (Å²) < 4.78 is 1.55. The Kier molecular flexibility index (Phi) is 2.03. The monoisotopic (exact) mass is 206 g/mol. The maximum Gasteiger partial charge on any atom is 0.352 e. The van der Waals surface area contributed by atoms with Gasteiger partial charge in [0.25, 0.3) is 0 Å². The van der Waals surface area contributed by atoms with Crippen LogP contribution in [0.25, 0.3) is 11.5 Å². The Morgan fingerprint density at radius 2 is 2.27 bits per heavy atom. The molecule has 0 saturated heterocycles. The van der Waals surface area contributed by atoms with Gasteiger partial charge in [0.1, 0.15) is 11.5 Å². The predicted molar refractivity (Wildman–Crippen MR) is 52.5 cm³/mol. The van der Waals surface area contributed by atoms with Crippen LogP contribution in [0.5, 0.6) is 0 Å². The quantitative estimate of drug-likeness (QED) is 0.761. The van der Waals surface area contributed by atoms with Gasteiger partial charge in [0.05, 0.1) is 5.69 Å². The third-order valence-electron chi connectivity index (χ3n) is 2.17. The van der Waals surface area contributed by atoms with Gasteiger partial charge in [-0.15, -0.1) is 0 Å². The summed E-state index contributed by atoms with van der Waals surface area (Å²) in [4.78, 5) is 14.9. The van der Waals surface area contributed by atoms with Crippen molar-refractivity contribution in [3.05, 3.63) is 23.7 Å². The van der Waals surface area contributed by atoms with E-state index in [9.17, 15) is 4.79 Å². The molecule has 78 valence electrons. The highest BCUT2D eigenvalue weighted by atomic mass is 16.4. The molecule has 2 aromatic rings. The molecule has 0 atom stereocenters. The molecule has 0 spiro atoms. The minimum Gasteiger partial charge on any atom is -0.477 e. The van der Waals surface area contributed by atoms with Gasteiger partial charge in [0, 0.05) is 7.05 Å². The fraction of sp³-hybridized carbons (Fsp3) is 0.222. The van der Waals surface area contributed by atoms with Crippen LogP contribution >= 0.6 is 0 Å². The lowest BCUT2D eigenvalue weighted by Crippen LogP contribution is -2.05. The van der Waals surface area contributed by atoms with E-state index in [0.717, 1.165) is 0 Å². The van der Waals surface area contributed by atoms with Crippen LogP contribution in [0.4, 0.5) is 0 Å². The first-order valence-electron chi connectivity index (χ1n) is 4.38. The van der Waals surface area contributed by atoms with E-state index >= 15 is 0 Å². The summed E-state index contributed by atoms with van der Waals surface area (Å²) in [5.41, 5.74) is 0.893. The topological polar surface area (TPSA) is 83.8 Å². The predicted octanol–water partition coefficient (Wildman–Crippen LogP) is 0.817. The van der Waals surface area contributed by atoms with Crippen LogP contribution in [-0.2, 0) is 7.05 Å². The van der Waals surface area contributed by atoms with Crippen LogP contribution in [0.1, 0.15) is 16.3 Å². The molecule has 6 heteroatoms. The molecular weight excluding hydrogens is 196 g/mol. The first kappa shape index (κ1) is 9.45. The smallest absolute Gasteiger partial charge is 0.352 e. The summed E-state index contributed by atoms with van der Waals surface area (Å²) >= 11 is 0. The number of nitrogens with one attached hydrogen (secondary N) is 1. The first-order valence-corrected chi connectivity index (χ1v) is 4.38. The maximum absolute atomic E-state index is 10.8. The van der Waals surface area contributed by atoms with E-state index in [4.69, 9.17) is 5.11 Å². The first-order chi connectivity index (χ1) is 7.09. The van der Waals surface area contributed by atoms with E-state index in [2.05, 4.69) is 15.2 Å². The Morgan fingerprint density at radius 1 is 1.53 bits per heavy atom. The number of nitrogens with zero attached hydrogens (tertiary/aromatic N) is 3. The summed E-state index contributed by atoms with van der Waals surface area (Å²) in [6.45, 7) is 1.79. The van der Waals surface area contributed by atoms with Crippen LogP contribution in [0.15, 0.2) is 12.1 Å². The van der Waals surface area contributed by atoms with E-state index in [1.807, 2.05) is 0 Å². The van der Waals surface area contributed by atoms with Crippen molar-refractivity contribution in [1.29, 1.82) is 0 Å². The number of carbonyl (C=O) groups is 1. The molecule has 0 aliphatic carbocycles. The number of carboxylic acid groups (broad SMARTS) is 1. The fourth-order valence-corrected chi connectivity index (χ4v) is 1.41. The molecule has 0 aliphatic heterocycles. The van der Waals surface area contributed by atoms with Crippen LogP contribution in [0.3, 0.4) is 0 Å². The van der Waals surface area contributed by atoms with Crippen molar-refractivity contribution in [3.63, 3.8) is 0 Å². The maximum atomic E-state index is 10.8. The molecule has 0 fully saturated rings. The second kappa shape index (κ2) is 3.23. The number of aromatic carboxylic acids is 1. The zero-order valence-electron chi connectivity index (χ0n) is 8.35. The molecular formula is C9H10N4O2. The number of aromatic amines is 1. The molecule has 0 unspecified atom stereocenters. The Bertz CT molecular complexity index is 512.